The van der Waals surface area contributed by atoms with Crippen molar-refractivity contribution in [1.82, 2.24) is 9.03 Å². The first kappa shape index (κ1) is 14.8. The van der Waals surface area contributed by atoms with Crippen molar-refractivity contribution in [3.05, 3.63) is 0 Å². The van der Waals surface area contributed by atoms with Crippen LogP contribution in [0.5, 0.6) is 0 Å². The highest BCUT2D eigenvalue weighted by Crippen LogP contribution is 2.48. The average Bonchev–Trinajstić information content (AvgIpc) is 3.07. The van der Waals surface area contributed by atoms with E-state index in [9.17, 15) is 8.42 Å². The lowest BCUT2D eigenvalue weighted by atomic mass is 9.89. The lowest BCUT2D eigenvalue weighted by molar-refractivity contribution is 0.251. The second kappa shape index (κ2) is 5.91. The first-order valence-corrected chi connectivity index (χ1v) is 9.50. The molecule has 0 aromatic heterocycles. The van der Waals surface area contributed by atoms with E-state index in [1.807, 2.05) is 0 Å². The van der Waals surface area contributed by atoms with Crippen molar-refractivity contribution in [1.29, 1.82) is 0 Å². The SMILES string of the molecule is NCC1CCCCN1S(=O)(=O)NCC1CC2CCC1C2. The van der Waals surface area contributed by atoms with Crippen molar-refractivity contribution >= 4 is 10.2 Å². The van der Waals surface area contributed by atoms with Crippen LogP contribution in [-0.2, 0) is 10.2 Å². The van der Waals surface area contributed by atoms with Gasteiger partial charge >= 0.3 is 0 Å². The van der Waals surface area contributed by atoms with Crippen molar-refractivity contribution in [3.8, 4) is 0 Å². The van der Waals surface area contributed by atoms with Crippen molar-refractivity contribution < 1.29 is 8.42 Å². The minimum absolute atomic E-state index is 0.0127. The molecule has 0 aromatic rings. The maximum Gasteiger partial charge on any atom is 0.279 e. The van der Waals surface area contributed by atoms with Gasteiger partial charge in [0.15, 0.2) is 0 Å². The Morgan fingerprint density at radius 2 is 2.00 bits per heavy atom. The lowest BCUT2D eigenvalue weighted by Gasteiger charge is -2.34. The van der Waals surface area contributed by atoms with Gasteiger partial charge in [-0.1, -0.05) is 12.8 Å². The highest BCUT2D eigenvalue weighted by atomic mass is 32.2. The number of hydrogen-bond donors (Lipinski definition) is 2. The summed E-state index contributed by atoms with van der Waals surface area (Å²) in [5.74, 6) is 2.18. The van der Waals surface area contributed by atoms with Crippen molar-refractivity contribution in [3.63, 3.8) is 0 Å². The Bertz CT molecular complexity index is 440. The van der Waals surface area contributed by atoms with Gasteiger partial charge in [-0.05, 0) is 49.9 Å². The van der Waals surface area contributed by atoms with Crippen LogP contribution in [0.2, 0.25) is 0 Å². The Morgan fingerprint density at radius 3 is 2.65 bits per heavy atom. The second-order valence-electron chi connectivity index (χ2n) is 6.78. The summed E-state index contributed by atoms with van der Waals surface area (Å²) < 4.78 is 29.4. The Kier molecular flexibility index (Phi) is 4.36. The molecule has 3 rings (SSSR count). The first-order chi connectivity index (χ1) is 9.60. The summed E-state index contributed by atoms with van der Waals surface area (Å²) in [5.41, 5.74) is 5.72. The van der Waals surface area contributed by atoms with Gasteiger partial charge in [0.2, 0.25) is 0 Å². The normalized spacial score (nSPS) is 38.5. The Morgan fingerprint density at radius 1 is 1.15 bits per heavy atom. The molecule has 1 saturated heterocycles. The van der Waals surface area contributed by atoms with Crippen LogP contribution in [0.15, 0.2) is 0 Å². The predicted molar refractivity (Wildman–Crippen MR) is 79.3 cm³/mol. The predicted octanol–water partition coefficient (Wildman–Crippen LogP) is 1.07. The molecule has 4 unspecified atom stereocenters. The third kappa shape index (κ3) is 2.89. The van der Waals surface area contributed by atoms with Gasteiger partial charge in [0.25, 0.3) is 10.2 Å². The molecule has 3 aliphatic rings. The van der Waals surface area contributed by atoms with Gasteiger partial charge in [-0.15, -0.1) is 0 Å². The summed E-state index contributed by atoms with van der Waals surface area (Å²) in [7, 11) is -3.35. The molecule has 1 aliphatic heterocycles. The highest BCUT2D eigenvalue weighted by Gasteiger charge is 2.40. The topological polar surface area (TPSA) is 75.4 Å². The zero-order valence-corrected chi connectivity index (χ0v) is 12.9. The summed E-state index contributed by atoms with van der Waals surface area (Å²) in [6.45, 7) is 1.67. The molecule has 2 aliphatic carbocycles. The summed E-state index contributed by atoms with van der Waals surface area (Å²) in [5, 5.41) is 0. The maximum absolute atomic E-state index is 12.5. The molecule has 2 bridgehead atoms. The molecule has 4 atom stereocenters. The van der Waals surface area contributed by atoms with Gasteiger partial charge in [0.1, 0.15) is 0 Å². The molecular weight excluding hydrogens is 274 g/mol. The van der Waals surface area contributed by atoms with E-state index >= 15 is 0 Å². The lowest BCUT2D eigenvalue weighted by Crippen LogP contribution is -2.52. The summed E-state index contributed by atoms with van der Waals surface area (Å²) in [6, 6.07) is -0.0127. The largest absolute Gasteiger partial charge is 0.329 e. The molecular formula is C14H27N3O2S. The van der Waals surface area contributed by atoms with Gasteiger partial charge in [-0.2, -0.15) is 12.7 Å². The van der Waals surface area contributed by atoms with Gasteiger partial charge in [0, 0.05) is 25.7 Å². The quantitative estimate of drug-likeness (QED) is 0.797. The van der Waals surface area contributed by atoms with Crippen LogP contribution in [-0.4, -0.2) is 38.4 Å². The number of hydrogen-bond acceptors (Lipinski definition) is 3. The molecule has 0 amide bonds. The first-order valence-electron chi connectivity index (χ1n) is 8.06. The zero-order chi connectivity index (χ0) is 14.2. The zero-order valence-electron chi connectivity index (χ0n) is 12.1. The molecule has 2 saturated carbocycles. The second-order valence-corrected chi connectivity index (χ2v) is 8.49. The van der Waals surface area contributed by atoms with Crippen LogP contribution < -0.4 is 10.5 Å². The fourth-order valence-corrected chi connectivity index (χ4v) is 5.99. The Hall–Kier alpha value is -0.170. The Labute approximate surface area is 122 Å². The minimum atomic E-state index is -3.35. The fourth-order valence-electron chi connectivity index (χ4n) is 4.45. The standard InChI is InChI=1S/C14H27N3O2S/c15-9-14-3-1-2-6-17(14)20(18,19)16-10-13-8-11-4-5-12(13)7-11/h11-14,16H,1-10,15H2. The van der Waals surface area contributed by atoms with Gasteiger partial charge in [-0.3, -0.25) is 0 Å². The van der Waals surface area contributed by atoms with E-state index in [1.165, 1.54) is 25.7 Å². The maximum atomic E-state index is 12.5. The smallest absolute Gasteiger partial charge is 0.279 e. The fraction of sp³-hybridized carbons (Fsp3) is 1.00. The van der Waals surface area contributed by atoms with E-state index in [4.69, 9.17) is 5.73 Å². The van der Waals surface area contributed by atoms with Crippen LogP contribution in [0.3, 0.4) is 0 Å². The molecule has 0 radical (unpaired) electrons. The number of nitrogens with one attached hydrogen (secondary N) is 1. The molecule has 1 heterocycles. The molecule has 0 aromatic carbocycles. The third-order valence-electron chi connectivity index (χ3n) is 5.57. The monoisotopic (exact) mass is 301 g/mol. The minimum Gasteiger partial charge on any atom is -0.329 e. The third-order valence-corrected chi connectivity index (χ3v) is 7.20. The molecule has 0 spiro atoms. The number of nitrogens with two attached hydrogens (primary N) is 1. The molecule has 5 nitrogen and oxygen atoms in total. The van der Waals surface area contributed by atoms with Gasteiger partial charge < -0.3 is 5.73 Å². The van der Waals surface area contributed by atoms with Crippen molar-refractivity contribution in [2.45, 2.75) is 51.0 Å². The van der Waals surface area contributed by atoms with E-state index < -0.39 is 10.2 Å². The number of fused-ring (bicyclic) bond motifs is 2. The van der Waals surface area contributed by atoms with Crippen LogP contribution in [0, 0.1) is 17.8 Å². The van der Waals surface area contributed by atoms with E-state index in [1.54, 1.807) is 4.31 Å². The summed E-state index contributed by atoms with van der Waals surface area (Å²) in [6.07, 6.45) is 8.12. The van der Waals surface area contributed by atoms with Crippen molar-refractivity contribution in [2.24, 2.45) is 23.5 Å². The van der Waals surface area contributed by atoms with Crippen LogP contribution >= 0.6 is 0 Å². The highest BCUT2D eigenvalue weighted by molar-refractivity contribution is 7.87. The molecule has 6 heteroatoms. The number of piperidine rings is 1. The number of rotatable bonds is 5. The van der Waals surface area contributed by atoms with Crippen molar-refractivity contribution in [2.75, 3.05) is 19.6 Å². The van der Waals surface area contributed by atoms with Crippen LogP contribution in [0.4, 0.5) is 0 Å². The van der Waals surface area contributed by atoms with Gasteiger partial charge in [-0.25, -0.2) is 4.72 Å². The van der Waals surface area contributed by atoms with E-state index in [-0.39, 0.29) is 6.04 Å². The van der Waals surface area contributed by atoms with E-state index in [0.717, 1.165) is 31.1 Å². The summed E-state index contributed by atoms with van der Waals surface area (Å²) >= 11 is 0. The molecule has 20 heavy (non-hydrogen) atoms. The van der Waals surface area contributed by atoms with Crippen LogP contribution in [0.1, 0.15) is 44.9 Å². The Balaban J connectivity index is 1.57. The molecule has 3 N–H and O–H groups in total. The van der Waals surface area contributed by atoms with E-state index in [2.05, 4.69) is 4.72 Å². The van der Waals surface area contributed by atoms with Gasteiger partial charge in [0.05, 0.1) is 0 Å². The average molecular weight is 301 g/mol. The van der Waals surface area contributed by atoms with Crippen LogP contribution in [0.25, 0.3) is 0 Å². The summed E-state index contributed by atoms with van der Waals surface area (Å²) in [4.78, 5) is 0. The number of nitrogens with zero attached hydrogens (tertiary/aromatic N) is 1. The molecule has 116 valence electrons. The molecule has 3 fully saturated rings. The van der Waals surface area contributed by atoms with E-state index in [0.29, 0.717) is 25.6 Å².